The molecule has 0 aliphatic carbocycles. The minimum Gasteiger partial charge on any atom is -0.463 e. The Balaban J connectivity index is 2.17. The van der Waals surface area contributed by atoms with Gasteiger partial charge in [-0.2, -0.15) is 0 Å². The molecule has 0 unspecified atom stereocenters. The van der Waals surface area contributed by atoms with Gasteiger partial charge in [-0.1, -0.05) is 0 Å². The fraction of sp³-hybridized carbons (Fsp3) is 0.900. The molecule has 0 aromatic heterocycles. The van der Waals surface area contributed by atoms with Crippen molar-refractivity contribution in [1.29, 1.82) is 0 Å². The maximum atomic E-state index is 10.6. The molecule has 1 heterocycles. The molecule has 0 aromatic rings. The van der Waals surface area contributed by atoms with Crippen LogP contribution in [-0.4, -0.2) is 31.1 Å². The molecule has 0 bridgehead atoms. The van der Waals surface area contributed by atoms with Gasteiger partial charge in [0.25, 0.3) is 0 Å². The highest BCUT2D eigenvalue weighted by atomic mass is 16.7. The van der Waals surface area contributed by atoms with Crippen LogP contribution >= 0.6 is 0 Å². The molecule has 0 aromatic carbocycles. The summed E-state index contributed by atoms with van der Waals surface area (Å²) in [7, 11) is 0. The smallest absolute Gasteiger partial charge is 0.302 e. The van der Waals surface area contributed by atoms with E-state index in [2.05, 4.69) is 0 Å². The molecule has 0 saturated carbocycles. The van der Waals surface area contributed by atoms with Gasteiger partial charge in [0, 0.05) is 13.3 Å². The maximum absolute atomic E-state index is 10.6. The Morgan fingerprint density at radius 2 is 2.21 bits per heavy atom. The van der Waals surface area contributed by atoms with E-state index in [0.717, 1.165) is 12.8 Å². The van der Waals surface area contributed by atoms with Gasteiger partial charge < -0.3 is 14.2 Å². The van der Waals surface area contributed by atoms with E-state index >= 15 is 0 Å². The Kier molecular flexibility index (Phi) is 4.35. The van der Waals surface area contributed by atoms with Crippen molar-refractivity contribution < 1.29 is 19.0 Å². The third-order valence-electron chi connectivity index (χ3n) is 1.97. The van der Waals surface area contributed by atoms with Crippen molar-refractivity contribution in [1.82, 2.24) is 0 Å². The summed E-state index contributed by atoms with van der Waals surface area (Å²) < 4.78 is 15.9. The summed E-state index contributed by atoms with van der Waals surface area (Å²) in [6, 6.07) is 0. The molecule has 1 aliphatic heterocycles. The molecule has 0 radical (unpaired) electrons. The molecule has 4 nitrogen and oxygen atoms in total. The van der Waals surface area contributed by atoms with Gasteiger partial charge in [0.05, 0.1) is 12.2 Å². The molecule has 1 saturated heterocycles. The highest BCUT2D eigenvalue weighted by molar-refractivity contribution is 5.65. The van der Waals surface area contributed by atoms with Gasteiger partial charge in [-0.25, -0.2) is 0 Å². The molecule has 4 heteroatoms. The lowest BCUT2D eigenvalue weighted by Gasteiger charge is -2.16. The number of carbonyl (C=O) groups excluding carboxylic acids is 1. The Morgan fingerprint density at radius 1 is 1.50 bits per heavy atom. The lowest BCUT2D eigenvalue weighted by Crippen LogP contribution is -2.21. The van der Waals surface area contributed by atoms with E-state index in [4.69, 9.17) is 14.2 Å². The van der Waals surface area contributed by atoms with Crippen molar-refractivity contribution in [3.05, 3.63) is 0 Å². The second-order valence-electron chi connectivity index (χ2n) is 3.75. The molecular formula is C10H18O4. The first-order valence-corrected chi connectivity index (χ1v) is 5.02. The van der Waals surface area contributed by atoms with Crippen molar-refractivity contribution in [2.24, 2.45) is 0 Å². The standard InChI is InChI=1S/C10H18O4/c1-7(2)13-10-5-4-9(14-10)6-12-8(3)11/h7,9-10H,4-6H2,1-3H3/t9-,10+/m0/s1. The van der Waals surface area contributed by atoms with Gasteiger partial charge in [0.15, 0.2) is 6.29 Å². The van der Waals surface area contributed by atoms with Gasteiger partial charge >= 0.3 is 5.97 Å². The van der Waals surface area contributed by atoms with E-state index < -0.39 is 0 Å². The van der Waals surface area contributed by atoms with Crippen molar-refractivity contribution in [2.75, 3.05) is 6.61 Å². The average Bonchev–Trinajstić information content (AvgIpc) is 2.47. The van der Waals surface area contributed by atoms with Crippen LogP contribution in [0.3, 0.4) is 0 Å². The minimum absolute atomic E-state index is 0.00245. The average molecular weight is 202 g/mol. The molecule has 0 amide bonds. The van der Waals surface area contributed by atoms with Gasteiger partial charge in [-0.05, 0) is 20.3 Å². The van der Waals surface area contributed by atoms with Crippen LogP contribution in [0.4, 0.5) is 0 Å². The van der Waals surface area contributed by atoms with E-state index in [9.17, 15) is 4.79 Å². The van der Waals surface area contributed by atoms with E-state index in [-0.39, 0.29) is 24.5 Å². The lowest BCUT2D eigenvalue weighted by molar-refractivity contribution is -0.168. The third-order valence-corrected chi connectivity index (χ3v) is 1.97. The monoisotopic (exact) mass is 202 g/mol. The van der Waals surface area contributed by atoms with Gasteiger partial charge in [-0.3, -0.25) is 4.79 Å². The molecule has 1 aliphatic rings. The summed E-state index contributed by atoms with van der Waals surface area (Å²) in [5.74, 6) is -0.262. The van der Waals surface area contributed by atoms with Gasteiger partial charge in [0.2, 0.25) is 0 Å². The Bertz CT molecular complexity index is 191. The van der Waals surface area contributed by atoms with Crippen LogP contribution in [0.2, 0.25) is 0 Å². The molecule has 1 fully saturated rings. The van der Waals surface area contributed by atoms with Crippen molar-refractivity contribution in [3.8, 4) is 0 Å². The second kappa shape index (κ2) is 5.32. The third kappa shape index (κ3) is 4.07. The van der Waals surface area contributed by atoms with Crippen LogP contribution in [0.25, 0.3) is 0 Å². The number of esters is 1. The molecular weight excluding hydrogens is 184 g/mol. The fourth-order valence-corrected chi connectivity index (χ4v) is 1.41. The largest absolute Gasteiger partial charge is 0.463 e. The zero-order chi connectivity index (χ0) is 10.6. The van der Waals surface area contributed by atoms with E-state index in [1.54, 1.807) is 0 Å². The highest BCUT2D eigenvalue weighted by Gasteiger charge is 2.27. The zero-order valence-electron chi connectivity index (χ0n) is 8.99. The van der Waals surface area contributed by atoms with Crippen LogP contribution in [0.15, 0.2) is 0 Å². The van der Waals surface area contributed by atoms with Crippen LogP contribution in [0.1, 0.15) is 33.6 Å². The van der Waals surface area contributed by atoms with E-state index in [1.165, 1.54) is 6.92 Å². The summed E-state index contributed by atoms with van der Waals surface area (Å²) in [6.07, 6.45) is 1.82. The van der Waals surface area contributed by atoms with Crippen LogP contribution in [-0.2, 0) is 19.0 Å². The molecule has 2 atom stereocenters. The predicted octanol–water partition coefficient (Wildman–Crippen LogP) is 1.48. The van der Waals surface area contributed by atoms with Gasteiger partial charge in [0.1, 0.15) is 6.61 Å². The lowest BCUT2D eigenvalue weighted by atomic mass is 10.2. The zero-order valence-corrected chi connectivity index (χ0v) is 8.99. The van der Waals surface area contributed by atoms with Crippen LogP contribution in [0, 0.1) is 0 Å². The minimum atomic E-state index is -0.262. The summed E-state index contributed by atoms with van der Waals surface area (Å²) in [6.45, 7) is 5.69. The second-order valence-corrected chi connectivity index (χ2v) is 3.75. The number of hydrogen-bond acceptors (Lipinski definition) is 4. The fourth-order valence-electron chi connectivity index (χ4n) is 1.41. The molecule has 0 N–H and O–H groups in total. The summed E-state index contributed by atoms with van der Waals surface area (Å²) >= 11 is 0. The predicted molar refractivity (Wildman–Crippen MR) is 50.7 cm³/mol. The quantitative estimate of drug-likeness (QED) is 0.648. The Hall–Kier alpha value is -0.610. The normalized spacial score (nSPS) is 26.9. The first-order chi connectivity index (χ1) is 6.58. The van der Waals surface area contributed by atoms with E-state index in [0.29, 0.717) is 6.61 Å². The molecule has 14 heavy (non-hydrogen) atoms. The SMILES string of the molecule is CC(=O)OC[C@@H]1CC[C@H](OC(C)C)O1. The van der Waals surface area contributed by atoms with Crippen LogP contribution < -0.4 is 0 Å². The van der Waals surface area contributed by atoms with Crippen LogP contribution in [0.5, 0.6) is 0 Å². The molecule has 82 valence electrons. The number of ether oxygens (including phenoxy) is 3. The number of rotatable bonds is 4. The highest BCUT2D eigenvalue weighted by Crippen LogP contribution is 2.21. The van der Waals surface area contributed by atoms with Crippen molar-refractivity contribution in [2.45, 2.75) is 52.1 Å². The van der Waals surface area contributed by atoms with Crippen molar-refractivity contribution >= 4 is 5.97 Å². The Labute approximate surface area is 84.5 Å². The molecule has 0 spiro atoms. The van der Waals surface area contributed by atoms with E-state index in [1.807, 2.05) is 13.8 Å². The number of hydrogen-bond donors (Lipinski definition) is 0. The molecule has 1 rings (SSSR count). The van der Waals surface area contributed by atoms with Gasteiger partial charge in [-0.15, -0.1) is 0 Å². The number of carbonyl (C=O) groups is 1. The summed E-state index contributed by atoms with van der Waals surface area (Å²) in [5, 5.41) is 0. The summed E-state index contributed by atoms with van der Waals surface area (Å²) in [5.41, 5.74) is 0. The van der Waals surface area contributed by atoms with Crippen molar-refractivity contribution in [3.63, 3.8) is 0 Å². The maximum Gasteiger partial charge on any atom is 0.302 e. The first kappa shape index (κ1) is 11.5. The summed E-state index contributed by atoms with van der Waals surface area (Å²) in [4.78, 5) is 10.6. The first-order valence-electron chi connectivity index (χ1n) is 5.02. The topological polar surface area (TPSA) is 44.8 Å². The Morgan fingerprint density at radius 3 is 2.79 bits per heavy atom.